The molecule has 1 heterocycles. The molecular weight excluding hydrogens is 390 g/mol. The van der Waals surface area contributed by atoms with Gasteiger partial charge in [-0.3, -0.25) is 0 Å². The van der Waals surface area contributed by atoms with E-state index in [1.165, 1.54) is 13.8 Å². The Kier molecular flexibility index (Phi) is 8.55. The van der Waals surface area contributed by atoms with E-state index in [2.05, 4.69) is 10.1 Å². The van der Waals surface area contributed by atoms with E-state index in [0.29, 0.717) is 5.75 Å². The lowest BCUT2D eigenvalue weighted by molar-refractivity contribution is -0.179. The minimum atomic E-state index is -1.40. The third-order valence-corrected chi connectivity index (χ3v) is 4.42. The Morgan fingerprint density at radius 2 is 1.96 bits per heavy atom. The summed E-state index contributed by atoms with van der Waals surface area (Å²) in [5.41, 5.74) is 3.63. The molecular formula is C17H27N3O5S2. The van der Waals surface area contributed by atoms with Crippen LogP contribution in [0.2, 0.25) is 0 Å². The van der Waals surface area contributed by atoms with Crippen LogP contribution in [0.1, 0.15) is 47.2 Å². The number of anilines is 1. The molecule has 2 N–H and O–H groups in total. The molecule has 0 aliphatic rings. The van der Waals surface area contributed by atoms with Crippen molar-refractivity contribution in [2.45, 2.75) is 52.7 Å². The number of rotatable bonds is 9. The van der Waals surface area contributed by atoms with Crippen LogP contribution in [-0.2, 0) is 23.9 Å². The molecule has 0 atom stereocenters. The van der Waals surface area contributed by atoms with Crippen molar-refractivity contribution in [3.8, 4) is 0 Å². The molecule has 0 amide bonds. The second kappa shape index (κ2) is 9.93. The summed E-state index contributed by atoms with van der Waals surface area (Å²) in [5, 5.41) is 5.70. The summed E-state index contributed by atoms with van der Waals surface area (Å²) in [6.07, 6.45) is 0. The molecule has 8 nitrogen and oxygen atoms in total. The van der Waals surface area contributed by atoms with Gasteiger partial charge in [0.25, 0.3) is 0 Å². The van der Waals surface area contributed by atoms with Crippen molar-refractivity contribution in [1.82, 2.24) is 4.98 Å². The van der Waals surface area contributed by atoms with E-state index in [-0.39, 0.29) is 23.1 Å². The second-order valence-electron chi connectivity index (χ2n) is 6.95. The highest BCUT2D eigenvalue weighted by Gasteiger charge is 2.36. The number of nitrogen functional groups attached to an aromatic ring is 1. The van der Waals surface area contributed by atoms with E-state index in [0.717, 1.165) is 17.1 Å². The standard InChI is InChI=1S/C17H27N3O5S2/c1-7-26-9-8-23-13(21)12(11-10-27-15(18)19-11)20-25-17(5,6)14(22)24-16(2,3)4/h10H,7-9H2,1-6H3,(H2,18,19). The number of aromatic nitrogens is 1. The Labute approximate surface area is 167 Å². The van der Waals surface area contributed by atoms with Gasteiger partial charge < -0.3 is 20.0 Å². The van der Waals surface area contributed by atoms with E-state index < -0.39 is 23.1 Å². The van der Waals surface area contributed by atoms with Crippen LogP contribution in [0.25, 0.3) is 0 Å². The van der Waals surface area contributed by atoms with Crippen molar-refractivity contribution in [2.24, 2.45) is 5.16 Å². The van der Waals surface area contributed by atoms with Crippen molar-refractivity contribution in [1.29, 1.82) is 0 Å². The summed E-state index contributed by atoms with van der Waals surface area (Å²) in [6, 6.07) is 0. The predicted molar refractivity (Wildman–Crippen MR) is 108 cm³/mol. The van der Waals surface area contributed by atoms with Gasteiger partial charge in [-0.2, -0.15) is 11.8 Å². The monoisotopic (exact) mass is 417 g/mol. The maximum Gasteiger partial charge on any atom is 0.362 e. The molecule has 0 spiro atoms. The van der Waals surface area contributed by atoms with Crippen molar-refractivity contribution in [3.63, 3.8) is 0 Å². The van der Waals surface area contributed by atoms with Crippen LogP contribution in [0.15, 0.2) is 10.5 Å². The first kappa shape index (κ1) is 23.2. The number of hydrogen-bond acceptors (Lipinski definition) is 10. The summed E-state index contributed by atoms with van der Waals surface area (Å²) >= 11 is 2.80. The number of carbonyl (C=O) groups is 2. The Morgan fingerprint density at radius 1 is 1.30 bits per heavy atom. The normalized spacial score (nSPS) is 12.6. The quantitative estimate of drug-likeness (QED) is 0.282. The summed E-state index contributed by atoms with van der Waals surface area (Å²) < 4.78 is 10.5. The highest BCUT2D eigenvalue weighted by Crippen LogP contribution is 2.19. The molecule has 0 fully saturated rings. The number of thioether (sulfide) groups is 1. The van der Waals surface area contributed by atoms with Crippen molar-refractivity contribution < 1.29 is 23.9 Å². The minimum Gasteiger partial charge on any atom is -0.460 e. The number of thiazole rings is 1. The van der Waals surface area contributed by atoms with E-state index >= 15 is 0 Å². The number of hydrogen-bond donors (Lipinski definition) is 1. The zero-order valence-corrected chi connectivity index (χ0v) is 18.2. The van der Waals surface area contributed by atoms with Crippen LogP contribution in [0.3, 0.4) is 0 Å². The number of esters is 2. The Balaban J connectivity index is 2.95. The third kappa shape index (κ3) is 8.17. The van der Waals surface area contributed by atoms with Crippen LogP contribution < -0.4 is 5.73 Å². The molecule has 0 unspecified atom stereocenters. The lowest BCUT2D eigenvalue weighted by Crippen LogP contribution is -2.40. The van der Waals surface area contributed by atoms with Gasteiger partial charge in [-0.1, -0.05) is 12.1 Å². The lowest BCUT2D eigenvalue weighted by atomic mass is 10.1. The van der Waals surface area contributed by atoms with Gasteiger partial charge in [0.05, 0.1) is 0 Å². The SMILES string of the molecule is CCSCCOC(=O)C(=NOC(C)(C)C(=O)OC(C)(C)C)c1csc(N)n1. The van der Waals surface area contributed by atoms with Gasteiger partial charge in [0, 0.05) is 11.1 Å². The molecule has 27 heavy (non-hydrogen) atoms. The van der Waals surface area contributed by atoms with Gasteiger partial charge in [0.1, 0.15) is 17.9 Å². The molecule has 0 aliphatic heterocycles. The number of oxime groups is 1. The van der Waals surface area contributed by atoms with Crippen LogP contribution in [0.5, 0.6) is 0 Å². The van der Waals surface area contributed by atoms with Gasteiger partial charge in [-0.25, -0.2) is 14.6 Å². The van der Waals surface area contributed by atoms with Gasteiger partial charge >= 0.3 is 11.9 Å². The Bertz CT molecular complexity index is 680. The van der Waals surface area contributed by atoms with E-state index in [1.54, 1.807) is 37.9 Å². The first-order valence-electron chi connectivity index (χ1n) is 8.42. The molecule has 1 rings (SSSR count). The van der Waals surface area contributed by atoms with Gasteiger partial charge in [-0.15, -0.1) is 11.3 Å². The fourth-order valence-electron chi connectivity index (χ4n) is 1.59. The molecule has 0 aromatic carbocycles. The summed E-state index contributed by atoms with van der Waals surface area (Å²) in [6.45, 7) is 10.5. The summed E-state index contributed by atoms with van der Waals surface area (Å²) in [7, 11) is 0. The van der Waals surface area contributed by atoms with Crippen LogP contribution >= 0.6 is 23.1 Å². The molecule has 0 saturated carbocycles. The second-order valence-corrected chi connectivity index (χ2v) is 9.23. The number of nitrogens with zero attached hydrogens (tertiary/aromatic N) is 2. The maximum absolute atomic E-state index is 12.4. The molecule has 1 aromatic rings. The number of carbonyl (C=O) groups excluding carboxylic acids is 2. The minimum absolute atomic E-state index is 0.152. The molecule has 0 saturated heterocycles. The van der Waals surface area contributed by atoms with Crippen LogP contribution in [0.4, 0.5) is 5.13 Å². The van der Waals surface area contributed by atoms with Gasteiger partial charge in [0.2, 0.25) is 11.3 Å². The Hall–Kier alpha value is -1.81. The van der Waals surface area contributed by atoms with E-state index in [4.69, 9.17) is 20.0 Å². The molecule has 10 heteroatoms. The maximum atomic E-state index is 12.4. The van der Waals surface area contributed by atoms with Gasteiger partial charge in [-0.05, 0) is 40.4 Å². The lowest BCUT2D eigenvalue weighted by Gasteiger charge is -2.26. The molecule has 152 valence electrons. The molecule has 0 radical (unpaired) electrons. The summed E-state index contributed by atoms with van der Waals surface area (Å²) in [5.74, 6) is 0.286. The highest BCUT2D eigenvalue weighted by molar-refractivity contribution is 7.99. The van der Waals surface area contributed by atoms with E-state index in [9.17, 15) is 9.59 Å². The van der Waals surface area contributed by atoms with Crippen LogP contribution in [0, 0.1) is 0 Å². The van der Waals surface area contributed by atoms with E-state index in [1.807, 2.05) is 6.92 Å². The molecule has 0 bridgehead atoms. The average Bonchev–Trinajstić information content (AvgIpc) is 2.96. The zero-order chi connectivity index (χ0) is 20.7. The topological polar surface area (TPSA) is 113 Å². The Morgan fingerprint density at radius 3 is 2.48 bits per heavy atom. The van der Waals surface area contributed by atoms with Crippen molar-refractivity contribution >= 4 is 45.9 Å². The fourth-order valence-corrected chi connectivity index (χ4v) is 2.63. The van der Waals surface area contributed by atoms with Crippen molar-refractivity contribution in [2.75, 3.05) is 23.8 Å². The predicted octanol–water partition coefficient (Wildman–Crippen LogP) is 2.86. The average molecular weight is 418 g/mol. The highest BCUT2D eigenvalue weighted by atomic mass is 32.2. The molecule has 0 aliphatic carbocycles. The number of ether oxygens (including phenoxy) is 2. The largest absolute Gasteiger partial charge is 0.460 e. The van der Waals surface area contributed by atoms with Gasteiger partial charge in [0.15, 0.2) is 5.13 Å². The fraction of sp³-hybridized carbons (Fsp3) is 0.647. The third-order valence-electron chi connectivity index (χ3n) is 2.88. The van der Waals surface area contributed by atoms with Crippen molar-refractivity contribution in [3.05, 3.63) is 11.1 Å². The zero-order valence-electron chi connectivity index (χ0n) is 16.5. The molecule has 1 aromatic heterocycles. The number of nitrogens with two attached hydrogens (primary N) is 1. The first-order chi connectivity index (χ1) is 12.5. The smallest absolute Gasteiger partial charge is 0.362 e. The first-order valence-corrected chi connectivity index (χ1v) is 10.5. The summed E-state index contributed by atoms with van der Waals surface area (Å²) in [4.78, 5) is 34.1. The van der Waals surface area contributed by atoms with Crippen LogP contribution in [-0.4, -0.2) is 51.9 Å².